The Kier molecular flexibility index (Phi) is 6.11. The van der Waals surface area contributed by atoms with Crippen molar-refractivity contribution in [1.82, 2.24) is 4.98 Å². The van der Waals surface area contributed by atoms with E-state index in [0.29, 0.717) is 15.8 Å². The fourth-order valence-corrected chi connectivity index (χ4v) is 3.70. The van der Waals surface area contributed by atoms with E-state index in [-0.39, 0.29) is 23.1 Å². The second-order valence-corrected chi connectivity index (χ2v) is 7.19. The van der Waals surface area contributed by atoms with E-state index in [1.54, 1.807) is 11.4 Å². The first kappa shape index (κ1) is 19.4. The van der Waals surface area contributed by atoms with Gasteiger partial charge in [-0.25, -0.2) is 9.78 Å². The first-order chi connectivity index (χ1) is 13.0. The monoisotopic (exact) mass is 420 g/mol. The number of carbonyl (C=O) groups is 2. The smallest absolute Gasteiger partial charge is 0.340 e. The van der Waals surface area contributed by atoms with E-state index < -0.39 is 5.97 Å². The summed E-state index contributed by atoms with van der Waals surface area (Å²) in [5, 5.41) is 2.90. The highest BCUT2D eigenvalue weighted by Crippen LogP contribution is 2.29. The van der Waals surface area contributed by atoms with Crippen LogP contribution in [0, 0.1) is 0 Å². The molecular formula is C19H14Cl2N2O3S. The molecule has 0 N–H and O–H groups in total. The largest absolute Gasteiger partial charge is 0.456 e. The predicted molar refractivity (Wildman–Crippen MR) is 107 cm³/mol. The molecule has 3 aromatic rings. The van der Waals surface area contributed by atoms with Gasteiger partial charge in [0.05, 0.1) is 22.0 Å². The second kappa shape index (κ2) is 8.52. The molecule has 0 radical (unpaired) electrons. The molecule has 138 valence electrons. The van der Waals surface area contributed by atoms with Crippen LogP contribution >= 0.6 is 34.5 Å². The summed E-state index contributed by atoms with van der Waals surface area (Å²) in [5.74, 6) is -0.732. The molecule has 3 rings (SSSR count). The normalized spacial score (nSPS) is 10.5. The average molecular weight is 421 g/mol. The predicted octanol–water partition coefficient (Wildman–Crippen LogP) is 5.49. The van der Waals surface area contributed by atoms with Crippen molar-refractivity contribution >= 4 is 57.2 Å². The SMILES string of the molecule is CC(=O)N(c1ccccc1)c1nc(COC(=O)c2ccc(Cl)cc2Cl)cs1. The summed E-state index contributed by atoms with van der Waals surface area (Å²) in [6.45, 7) is 1.44. The van der Waals surface area contributed by atoms with Gasteiger partial charge in [0.1, 0.15) is 6.61 Å². The minimum Gasteiger partial charge on any atom is -0.456 e. The van der Waals surface area contributed by atoms with Crippen LogP contribution in [0.3, 0.4) is 0 Å². The van der Waals surface area contributed by atoms with E-state index in [2.05, 4.69) is 4.98 Å². The number of hydrogen-bond donors (Lipinski definition) is 0. The van der Waals surface area contributed by atoms with Gasteiger partial charge in [-0.05, 0) is 30.3 Å². The number of ether oxygens (including phenoxy) is 1. The number of esters is 1. The zero-order valence-corrected chi connectivity index (χ0v) is 16.5. The first-order valence-electron chi connectivity index (χ1n) is 7.88. The van der Waals surface area contributed by atoms with E-state index in [9.17, 15) is 9.59 Å². The lowest BCUT2D eigenvalue weighted by molar-refractivity contribution is -0.115. The molecule has 1 amide bonds. The standard InChI is InChI=1S/C19H14Cl2N2O3S/c1-12(24)23(15-5-3-2-4-6-15)19-22-14(11-27-19)10-26-18(25)16-8-7-13(20)9-17(16)21/h2-9,11H,10H2,1H3. The summed E-state index contributed by atoms with van der Waals surface area (Å²) in [6, 6.07) is 13.8. The molecule has 0 fully saturated rings. The Bertz CT molecular complexity index is 976. The second-order valence-electron chi connectivity index (χ2n) is 5.51. The molecule has 1 aromatic heterocycles. The van der Waals surface area contributed by atoms with Gasteiger partial charge < -0.3 is 4.74 Å². The van der Waals surface area contributed by atoms with Gasteiger partial charge in [-0.3, -0.25) is 9.69 Å². The summed E-state index contributed by atoms with van der Waals surface area (Å²) >= 11 is 13.1. The summed E-state index contributed by atoms with van der Waals surface area (Å²) in [7, 11) is 0. The van der Waals surface area contributed by atoms with Crippen LogP contribution in [0.1, 0.15) is 23.0 Å². The minimum absolute atomic E-state index is 0.0329. The number of halogens is 2. The van der Waals surface area contributed by atoms with Gasteiger partial charge in [-0.2, -0.15) is 0 Å². The maximum Gasteiger partial charge on any atom is 0.340 e. The Morgan fingerprint density at radius 2 is 1.89 bits per heavy atom. The van der Waals surface area contributed by atoms with E-state index in [1.807, 2.05) is 30.3 Å². The van der Waals surface area contributed by atoms with Crippen LogP contribution < -0.4 is 4.90 Å². The molecule has 0 atom stereocenters. The molecule has 0 saturated carbocycles. The summed E-state index contributed by atoms with van der Waals surface area (Å²) in [6.07, 6.45) is 0. The van der Waals surface area contributed by atoms with Crippen molar-refractivity contribution in [2.24, 2.45) is 0 Å². The third kappa shape index (κ3) is 4.66. The number of carbonyl (C=O) groups excluding carboxylic acids is 2. The third-order valence-electron chi connectivity index (χ3n) is 3.56. The van der Waals surface area contributed by atoms with Gasteiger partial charge >= 0.3 is 5.97 Å². The van der Waals surface area contributed by atoms with Gasteiger partial charge in [0.15, 0.2) is 5.13 Å². The highest BCUT2D eigenvalue weighted by molar-refractivity contribution is 7.14. The van der Waals surface area contributed by atoms with Gasteiger partial charge in [0.2, 0.25) is 5.91 Å². The van der Waals surface area contributed by atoms with Crippen molar-refractivity contribution in [2.45, 2.75) is 13.5 Å². The van der Waals surface area contributed by atoms with E-state index in [0.717, 1.165) is 5.69 Å². The number of hydrogen-bond acceptors (Lipinski definition) is 5. The molecule has 0 unspecified atom stereocenters. The molecule has 8 heteroatoms. The number of rotatable bonds is 5. The van der Waals surface area contributed by atoms with Crippen molar-refractivity contribution in [3.05, 3.63) is 75.2 Å². The van der Waals surface area contributed by atoms with Crippen LogP contribution in [0.5, 0.6) is 0 Å². The molecule has 2 aromatic carbocycles. The van der Waals surface area contributed by atoms with E-state index >= 15 is 0 Å². The topological polar surface area (TPSA) is 59.5 Å². The van der Waals surface area contributed by atoms with Gasteiger partial charge in [0, 0.05) is 17.3 Å². The maximum absolute atomic E-state index is 12.2. The van der Waals surface area contributed by atoms with Crippen molar-refractivity contribution in [3.8, 4) is 0 Å². The molecule has 0 spiro atoms. The third-order valence-corrected chi connectivity index (χ3v) is 4.98. The van der Waals surface area contributed by atoms with Gasteiger partial charge in [-0.15, -0.1) is 11.3 Å². The number of thiazole rings is 1. The molecule has 0 aliphatic rings. The van der Waals surface area contributed by atoms with Crippen LogP contribution in [0.25, 0.3) is 0 Å². The number of amides is 1. The van der Waals surface area contributed by atoms with E-state index in [4.69, 9.17) is 27.9 Å². The molecule has 1 heterocycles. The van der Waals surface area contributed by atoms with Gasteiger partial charge in [0.25, 0.3) is 0 Å². The van der Waals surface area contributed by atoms with Crippen LogP contribution in [0.4, 0.5) is 10.8 Å². The number of anilines is 2. The Hall–Kier alpha value is -2.41. The minimum atomic E-state index is -0.572. The number of para-hydroxylation sites is 1. The molecule has 0 saturated heterocycles. The van der Waals surface area contributed by atoms with Crippen LogP contribution in [0.15, 0.2) is 53.9 Å². The molecular weight excluding hydrogens is 407 g/mol. The molecule has 5 nitrogen and oxygen atoms in total. The molecule has 0 aliphatic carbocycles. The molecule has 0 bridgehead atoms. The Balaban J connectivity index is 1.72. The lowest BCUT2D eigenvalue weighted by Crippen LogP contribution is -2.22. The van der Waals surface area contributed by atoms with Crippen molar-refractivity contribution < 1.29 is 14.3 Å². The average Bonchev–Trinajstić information content (AvgIpc) is 3.09. The number of benzene rings is 2. The highest BCUT2D eigenvalue weighted by Gasteiger charge is 2.18. The number of nitrogens with zero attached hydrogens (tertiary/aromatic N) is 2. The lowest BCUT2D eigenvalue weighted by Gasteiger charge is -2.17. The summed E-state index contributed by atoms with van der Waals surface area (Å²) in [4.78, 5) is 30.1. The van der Waals surface area contributed by atoms with Crippen molar-refractivity contribution in [2.75, 3.05) is 4.90 Å². The zero-order valence-electron chi connectivity index (χ0n) is 14.2. The van der Waals surface area contributed by atoms with Crippen LogP contribution in [-0.2, 0) is 16.1 Å². The van der Waals surface area contributed by atoms with Crippen LogP contribution in [-0.4, -0.2) is 16.9 Å². The Morgan fingerprint density at radius 3 is 2.56 bits per heavy atom. The maximum atomic E-state index is 12.2. The fraction of sp³-hybridized carbons (Fsp3) is 0.105. The summed E-state index contributed by atoms with van der Waals surface area (Å²) < 4.78 is 5.27. The Labute approximate surface area is 170 Å². The lowest BCUT2D eigenvalue weighted by atomic mass is 10.2. The van der Waals surface area contributed by atoms with Crippen molar-refractivity contribution in [3.63, 3.8) is 0 Å². The fourth-order valence-electron chi connectivity index (χ4n) is 2.34. The summed E-state index contributed by atoms with van der Waals surface area (Å²) in [5.41, 5.74) is 1.48. The molecule has 0 aliphatic heterocycles. The van der Waals surface area contributed by atoms with Crippen LogP contribution in [0.2, 0.25) is 10.0 Å². The Morgan fingerprint density at radius 1 is 1.15 bits per heavy atom. The zero-order chi connectivity index (χ0) is 19.4. The molecule has 27 heavy (non-hydrogen) atoms. The van der Waals surface area contributed by atoms with E-state index in [1.165, 1.54) is 35.3 Å². The number of aromatic nitrogens is 1. The quantitative estimate of drug-likeness (QED) is 0.511. The van der Waals surface area contributed by atoms with Gasteiger partial charge in [-0.1, -0.05) is 41.4 Å². The first-order valence-corrected chi connectivity index (χ1v) is 9.51. The van der Waals surface area contributed by atoms with Crippen molar-refractivity contribution in [1.29, 1.82) is 0 Å². The highest BCUT2D eigenvalue weighted by atomic mass is 35.5.